The second-order valence-electron chi connectivity index (χ2n) is 10.4. The van der Waals surface area contributed by atoms with Gasteiger partial charge in [-0.25, -0.2) is 9.78 Å². The first kappa shape index (κ1) is 30.1. The summed E-state index contributed by atoms with van der Waals surface area (Å²) in [4.78, 5) is 32.5. The predicted molar refractivity (Wildman–Crippen MR) is 163 cm³/mol. The van der Waals surface area contributed by atoms with Crippen LogP contribution >= 0.6 is 0 Å². The fraction of sp³-hybridized carbons (Fsp3) is 0.294. The van der Waals surface area contributed by atoms with Crippen LogP contribution < -0.4 is 5.32 Å². The minimum Gasteiger partial charge on any atom is -0.445 e. The number of amides is 2. The van der Waals surface area contributed by atoms with Gasteiger partial charge in [0, 0.05) is 37.6 Å². The van der Waals surface area contributed by atoms with E-state index in [2.05, 4.69) is 36.8 Å². The van der Waals surface area contributed by atoms with Gasteiger partial charge in [0.25, 0.3) is 0 Å². The number of ether oxygens (including phenoxy) is 1. The molecule has 0 saturated heterocycles. The van der Waals surface area contributed by atoms with Crippen molar-refractivity contribution in [3.63, 3.8) is 0 Å². The maximum atomic E-state index is 13.3. The molecule has 0 aliphatic rings. The molecule has 2 atom stereocenters. The summed E-state index contributed by atoms with van der Waals surface area (Å²) in [6.45, 7) is 9.09. The number of imidazole rings is 1. The minimum absolute atomic E-state index is 0.106. The number of carbonyl (C=O) groups excluding carboxylic acids is 2. The highest BCUT2D eigenvalue weighted by atomic mass is 16.6. The zero-order valence-electron chi connectivity index (χ0n) is 24.2. The van der Waals surface area contributed by atoms with Gasteiger partial charge in [0.05, 0.1) is 24.4 Å². The van der Waals surface area contributed by atoms with Crippen LogP contribution in [0, 0.1) is 17.2 Å². The highest BCUT2D eigenvalue weighted by Crippen LogP contribution is 2.21. The van der Waals surface area contributed by atoms with Crippen molar-refractivity contribution < 1.29 is 14.3 Å². The van der Waals surface area contributed by atoms with Gasteiger partial charge in [0.1, 0.15) is 6.61 Å². The fourth-order valence-electron chi connectivity index (χ4n) is 4.89. The van der Waals surface area contributed by atoms with Gasteiger partial charge in [0.2, 0.25) is 5.91 Å². The van der Waals surface area contributed by atoms with Crippen molar-refractivity contribution in [2.75, 3.05) is 13.2 Å². The van der Waals surface area contributed by atoms with Crippen LogP contribution in [0.4, 0.5) is 4.79 Å². The van der Waals surface area contributed by atoms with Crippen molar-refractivity contribution in [2.45, 2.75) is 45.8 Å². The lowest BCUT2D eigenvalue weighted by molar-refractivity contribution is -0.121. The lowest BCUT2D eigenvalue weighted by Crippen LogP contribution is -2.49. The molecule has 1 heterocycles. The molecule has 4 rings (SSSR count). The zero-order valence-corrected chi connectivity index (χ0v) is 24.2. The second kappa shape index (κ2) is 14.6. The minimum atomic E-state index is -0.453. The summed E-state index contributed by atoms with van der Waals surface area (Å²) in [5.74, 6) is -0.0359. The van der Waals surface area contributed by atoms with E-state index in [9.17, 15) is 9.59 Å². The Morgan fingerprint density at radius 2 is 1.90 bits per heavy atom. The molecule has 0 aliphatic carbocycles. The normalized spacial score (nSPS) is 12.2. The molecule has 1 aromatic heterocycles. The van der Waals surface area contributed by atoms with Gasteiger partial charge in [-0.3, -0.25) is 4.79 Å². The number of rotatable bonds is 13. The number of carbonyl (C=O) groups is 2. The predicted octanol–water partition coefficient (Wildman–Crippen LogP) is 5.85. The van der Waals surface area contributed by atoms with Gasteiger partial charge in [-0.05, 0) is 39.9 Å². The van der Waals surface area contributed by atoms with Crippen LogP contribution in [0.1, 0.15) is 42.7 Å². The Labute approximate surface area is 247 Å². The van der Waals surface area contributed by atoms with Crippen LogP contribution in [0.15, 0.2) is 91.9 Å². The van der Waals surface area contributed by atoms with E-state index in [1.54, 1.807) is 35.6 Å². The van der Waals surface area contributed by atoms with Crippen molar-refractivity contribution in [3.05, 3.63) is 114 Å². The van der Waals surface area contributed by atoms with Crippen LogP contribution in [0.3, 0.4) is 0 Å². The Balaban J connectivity index is 1.49. The molecule has 3 aromatic carbocycles. The molecule has 0 spiro atoms. The van der Waals surface area contributed by atoms with Gasteiger partial charge in [0.15, 0.2) is 0 Å². The summed E-state index contributed by atoms with van der Waals surface area (Å²) in [5.41, 5.74) is 3.39. The van der Waals surface area contributed by atoms with Gasteiger partial charge >= 0.3 is 6.09 Å². The van der Waals surface area contributed by atoms with Crippen molar-refractivity contribution in [3.8, 4) is 6.07 Å². The van der Waals surface area contributed by atoms with Crippen molar-refractivity contribution in [2.24, 2.45) is 5.92 Å². The lowest BCUT2D eigenvalue weighted by Gasteiger charge is -2.31. The molecule has 0 saturated carbocycles. The van der Waals surface area contributed by atoms with Crippen molar-refractivity contribution in [1.29, 1.82) is 5.26 Å². The second-order valence-corrected chi connectivity index (χ2v) is 10.4. The standard InChI is InChI=1S/C34H37N5O3/c1-4-17-42-34(41)38(22-29-11-8-10-28-9-6-7-12-31(28)29)23-32(25(3)5-2)37-33(40)18-30-20-36-24-39(30)21-27-15-13-26(19-35)14-16-27/h4,6-16,20,24-25,32H,1,5,17-18,21-23H2,2-3H3,(H,37,40). The fourth-order valence-corrected chi connectivity index (χ4v) is 4.89. The molecule has 4 aromatic rings. The van der Waals surface area contributed by atoms with E-state index >= 15 is 0 Å². The van der Waals surface area contributed by atoms with E-state index in [1.807, 2.05) is 59.2 Å². The number of nitriles is 1. The van der Waals surface area contributed by atoms with E-state index in [0.717, 1.165) is 34.0 Å². The summed E-state index contributed by atoms with van der Waals surface area (Å²) < 4.78 is 7.39. The maximum Gasteiger partial charge on any atom is 0.410 e. The molecule has 0 radical (unpaired) electrons. The highest BCUT2D eigenvalue weighted by Gasteiger charge is 2.26. The number of nitrogens with zero attached hydrogens (tertiary/aromatic N) is 4. The van der Waals surface area contributed by atoms with E-state index in [-0.39, 0.29) is 30.9 Å². The molecule has 0 fully saturated rings. The van der Waals surface area contributed by atoms with Crippen molar-refractivity contribution >= 4 is 22.8 Å². The Bertz CT molecular complexity index is 1550. The summed E-state index contributed by atoms with van der Waals surface area (Å²) >= 11 is 0. The molecule has 42 heavy (non-hydrogen) atoms. The molecular weight excluding hydrogens is 526 g/mol. The van der Waals surface area contributed by atoms with Crippen LogP contribution in [-0.4, -0.2) is 45.6 Å². The first-order valence-electron chi connectivity index (χ1n) is 14.2. The highest BCUT2D eigenvalue weighted by molar-refractivity contribution is 5.86. The Hall–Kier alpha value is -4.90. The summed E-state index contributed by atoms with van der Waals surface area (Å²) in [5, 5.41) is 14.4. The lowest BCUT2D eigenvalue weighted by atomic mass is 9.97. The number of aromatic nitrogens is 2. The third-order valence-electron chi connectivity index (χ3n) is 7.49. The molecule has 2 unspecified atom stereocenters. The smallest absolute Gasteiger partial charge is 0.410 e. The number of fused-ring (bicyclic) bond motifs is 1. The molecule has 8 nitrogen and oxygen atoms in total. The third-order valence-corrected chi connectivity index (χ3v) is 7.49. The van der Waals surface area contributed by atoms with E-state index < -0.39 is 6.09 Å². The molecular formula is C34H37N5O3. The molecule has 2 amide bonds. The Morgan fingerprint density at radius 3 is 2.64 bits per heavy atom. The van der Waals surface area contributed by atoms with Crippen LogP contribution in [0.5, 0.6) is 0 Å². The van der Waals surface area contributed by atoms with E-state index in [1.165, 1.54) is 0 Å². The number of nitrogens with one attached hydrogen (secondary N) is 1. The van der Waals surface area contributed by atoms with Crippen LogP contribution in [-0.2, 0) is 29.0 Å². The number of hydrogen-bond donors (Lipinski definition) is 1. The van der Waals surface area contributed by atoms with Gasteiger partial charge in [-0.1, -0.05) is 87.5 Å². The van der Waals surface area contributed by atoms with Crippen LogP contribution in [0.25, 0.3) is 10.8 Å². The number of benzene rings is 3. The van der Waals surface area contributed by atoms with Gasteiger partial charge in [-0.15, -0.1) is 0 Å². The average Bonchev–Trinajstić information content (AvgIpc) is 3.44. The van der Waals surface area contributed by atoms with Crippen molar-refractivity contribution in [1.82, 2.24) is 19.8 Å². The molecule has 8 heteroatoms. The largest absolute Gasteiger partial charge is 0.445 e. The Morgan fingerprint density at radius 1 is 1.14 bits per heavy atom. The number of hydrogen-bond acceptors (Lipinski definition) is 5. The molecule has 1 N–H and O–H groups in total. The summed E-state index contributed by atoms with van der Waals surface area (Å²) in [6, 6.07) is 23.3. The topological polar surface area (TPSA) is 100 Å². The zero-order chi connectivity index (χ0) is 29.9. The van der Waals surface area contributed by atoms with Gasteiger partial charge in [-0.2, -0.15) is 5.26 Å². The molecule has 216 valence electrons. The summed E-state index contributed by atoms with van der Waals surface area (Å²) in [7, 11) is 0. The first-order chi connectivity index (χ1) is 20.4. The van der Waals surface area contributed by atoms with Crippen LogP contribution in [0.2, 0.25) is 0 Å². The van der Waals surface area contributed by atoms with E-state index in [4.69, 9.17) is 10.00 Å². The quantitative estimate of drug-likeness (QED) is 0.206. The first-order valence-corrected chi connectivity index (χ1v) is 14.2. The molecule has 0 aliphatic heterocycles. The SMILES string of the molecule is C=CCOC(=O)N(Cc1cccc2ccccc12)CC(NC(=O)Cc1cncn1Cc1ccc(C#N)cc1)C(C)CC. The van der Waals surface area contributed by atoms with Gasteiger partial charge < -0.3 is 19.5 Å². The maximum absolute atomic E-state index is 13.3. The third kappa shape index (κ3) is 7.85. The van der Waals surface area contributed by atoms with E-state index in [0.29, 0.717) is 25.2 Å². The average molecular weight is 564 g/mol. The molecule has 0 bridgehead atoms. The summed E-state index contributed by atoms with van der Waals surface area (Å²) in [6.07, 6.45) is 5.46. The Kier molecular flexibility index (Phi) is 10.5. The monoisotopic (exact) mass is 563 g/mol.